The molecule has 0 aromatic rings. The standard InChI is InChI=1S/C11H19F2N/c1-8(2)11(3-4-11)7-14-5-9(12)10(13)6-14/h8-10H,3-7H2,1-2H3. The lowest BCUT2D eigenvalue weighted by molar-refractivity contribution is 0.204. The van der Waals surface area contributed by atoms with Gasteiger partial charge in [0.15, 0.2) is 0 Å². The molecule has 1 nitrogen and oxygen atoms in total. The summed E-state index contributed by atoms with van der Waals surface area (Å²) in [6, 6.07) is 0. The van der Waals surface area contributed by atoms with Crippen LogP contribution in [0, 0.1) is 11.3 Å². The van der Waals surface area contributed by atoms with Crippen LogP contribution in [0.2, 0.25) is 0 Å². The van der Waals surface area contributed by atoms with Crippen LogP contribution >= 0.6 is 0 Å². The van der Waals surface area contributed by atoms with Crippen molar-refractivity contribution in [2.45, 2.75) is 39.0 Å². The van der Waals surface area contributed by atoms with Crippen LogP contribution in [0.4, 0.5) is 8.78 Å². The molecular weight excluding hydrogens is 184 g/mol. The van der Waals surface area contributed by atoms with Crippen LogP contribution in [0.1, 0.15) is 26.7 Å². The van der Waals surface area contributed by atoms with E-state index in [1.165, 1.54) is 12.8 Å². The molecule has 2 unspecified atom stereocenters. The smallest absolute Gasteiger partial charge is 0.145 e. The lowest BCUT2D eigenvalue weighted by Crippen LogP contribution is -2.31. The van der Waals surface area contributed by atoms with E-state index < -0.39 is 12.3 Å². The Kier molecular flexibility index (Phi) is 2.54. The van der Waals surface area contributed by atoms with Crippen molar-refractivity contribution in [1.29, 1.82) is 0 Å². The predicted molar refractivity (Wildman–Crippen MR) is 52.7 cm³/mol. The highest BCUT2D eigenvalue weighted by Crippen LogP contribution is 2.52. The van der Waals surface area contributed by atoms with E-state index in [0.717, 1.165) is 6.54 Å². The zero-order chi connectivity index (χ0) is 10.3. The van der Waals surface area contributed by atoms with E-state index in [4.69, 9.17) is 0 Å². The van der Waals surface area contributed by atoms with Crippen molar-refractivity contribution in [2.24, 2.45) is 11.3 Å². The molecule has 0 spiro atoms. The minimum Gasteiger partial charge on any atom is -0.297 e. The third-order valence-electron chi connectivity index (χ3n) is 3.91. The van der Waals surface area contributed by atoms with Gasteiger partial charge in [0.1, 0.15) is 12.3 Å². The maximum absolute atomic E-state index is 12.9. The van der Waals surface area contributed by atoms with E-state index in [1.807, 2.05) is 4.90 Å². The van der Waals surface area contributed by atoms with Crippen molar-refractivity contribution in [1.82, 2.24) is 4.90 Å². The zero-order valence-electron chi connectivity index (χ0n) is 8.97. The van der Waals surface area contributed by atoms with E-state index >= 15 is 0 Å². The van der Waals surface area contributed by atoms with Crippen molar-refractivity contribution in [2.75, 3.05) is 19.6 Å². The van der Waals surface area contributed by atoms with Gasteiger partial charge < -0.3 is 0 Å². The van der Waals surface area contributed by atoms with Crippen LogP contribution in [0.15, 0.2) is 0 Å². The molecule has 0 aromatic carbocycles. The fourth-order valence-electron chi connectivity index (χ4n) is 2.45. The number of rotatable bonds is 3. The fourth-order valence-corrected chi connectivity index (χ4v) is 2.45. The Morgan fingerprint density at radius 3 is 2.07 bits per heavy atom. The number of likely N-dealkylation sites (tertiary alicyclic amines) is 1. The molecule has 14 heavy (non-hydrogen) atoms. The number of alkyl halides is 2. The summed E-state index contributed by atoms with van der Waals surface area (Å²) in [7, 11) is 0. The third-order valence-corrected chi connectivity index (χ3v) is 3.91. The SMILES string of the molecule is CC(C)C1(CN2CC(F)C(F)C2)CC1. The Bertz CT molecular complexity index is 203. The number of hydrogen-bond donors (Lipinski definition) is 0. The second kappa shape index (κ2) is 3.44. The second-order valence-electron chi connectivity index (χ2n) is 5.24. The molecule has 2 aliphatic rings. The average molecular weight is 203 g/mol. The van der Waals surface area contributed by atoms with Gasteiger partial charge in [-0.1, -0.05) is 13.8 Å². The first-order valence-corrected chi connectivity index (χ1v) is 5.54. The van der Waals surface area contributed by atoms with Crippen molar-refractivity contribution in [3.63, 3.8) is 0 Å². The van der Waals surface area contributed by atoms with Crippen molar-refractivity contribution < 1.29 is 8.78 Å². The molecule has 1 aliphatic heterocycles. The van der Waals surface area contributed by atoms with Crippen LogP contribution in [-0.2, 0) is 0 Å². The molecule has 1 heterocycles. The van der Waals surface area contributed by atoms with Crippen LogP contribution in [0.25, 0.3) is 0 Å². The molecule has 2 fully saturated rings. The summed E-state index contributed by atoms with van der Waals surface area (Å²) in [5, 5.41) is 0. The summed E-state index contributed by atoms with van der Waals surface area (Å²) in [6.07, 6.45) is -0.0413. The van der Waals surface area contributed by atoms with Crippen LogP contribution in [0.5, 0.6) is 0 Å². The van der Waals surface area contributed by atoms with E-state index in [9.17, 15) is 8.78 Å². The Morgan fingerprint density at radius 1 is 1.21 bits per heavy atom. The Labute approximate surface area is 84.5 Å². The molecule has 0 radical (unpaired) electrons. The van der Waals surface area contributed by atoms with E-state index in [2.05, 4.69) is 13.8 Å². The largest absolute Gasteiger partial charge is 0.297 e. The van der Waals surface area contributed by atoms with Gasteiger partial charge in [-0.25, -0.2) is 8.78 Å². The summed E-state index contributed by atoms with van der Waals surface area (Å²) >= 11 is 0. The van der Waals surface area contributed by atoms with Gasteiger partial charge >= 0.3 is 0 Å². The molecule has 82 valence electrons. The summed E-state index contributed by atoms with van der Waals surface area (Å²) in [6.45, 7) is 5.92. The van der Waals surface area contributed by atoms with E-state index in [-0.39, 0.29) is 0 Å². The average Bonchev–Trinajstić information content (AvgIpc) is 2.78. The van der Waals surface area contributed by atoms with Gasteiger partial charge in [0.25, 0.3) is 0 Å². The highest BCUT2D eigenvalue weighted by atomic mass is 19.2. The van der Waals surface area contributed by atoms with E-state index in [1.54, 1.807) is 0 Å². The number of nitrogens with zero attached hydrogens (tertiary/aromatic N) is 1. The highest BCUT2D eigenvalue weighted by molar-refractivity contribution is 4.99. The van der Waals surface area contributed by atoms with Gasteiger partial charge in [-0.3, -0.25) is 4.90 Å². The number of hydrogen-bond acceptors (Lipinski definition) is 1. The molecule has 1 saturated heterocycles. The summed E-state index contributed by atoms with van der Waals surface area (Å²) in [5.41, 5.74) is 0.379. The minimum atomic E-state index is -1.25. The Hall–Kier alpha value is -0.180. The Morgan fingerprint density at radius 2 is 1.71 bits per heavy atom. The number of halogens is 2. The first-order chi connectivity index (χ1) is 6.53. The third kappa shape index (κ3) is 1.79. The van der Waals surface area contributed by atoms with Gasteiger partial charge in [0.2, 0.25) is 0 Å². The second-order valence-corrected chi connectivity index (χ2v) is 5.24. The van der Waals surface area contributed by atoms with Gasteiger partial charge in [-0.2, -0.15) is 0 Å². The van der Waals surface area contributed by atoms with Gasteiger partial charge in [-0.15, -0.1) is 0 Å². The van der Waals surface area contributed by atoms with Crippen molar-refractivity contribution >= 4 is 0 Å². The normalized spacial score (nSPS) is 36.6. The van der Waals surface area contributed by atoms with Gasteiger partial charge in [0, 0.05) is 19.6 Å². The molecule has 1 aliphatic carbocycles. The molecule has 0 N–H and O–H groups in total. The van der Waals surface area contributed by atoms with Crippen LogP contribution in [0.3, 0.4) is 0 Å². The molecule has 0 bridgehead atoms. The fraction of sp³-hybridized carbons (Fsp3) is 1.00. The van der Waals surface area contributed by atoms with Crippen LogP contribution in [-0.4, -0.2) is 36.9 Å². The lowest BCUT2D eigenvalue weighted by Gasteiger charge is -2.25. The molecule has 1 saturated carbocycles. The topological polar surface area (TPSA) is 3.24 Å². The molecule has 0 amide bonds. The summed E-state index contributed by atoms with van der Waals surface area (Å²) in [4.78, 5) is 1.96. The summed E-state index contributed by atoms with van der Waals surface area (Å²) < 4.78 is 25.9. The first-order valence-electron chi connectivity index (χ1n) is 5.54. The lowest BCUT2D eigenvalue weighted by atomic mass is 9.92. The highest BCUT2D eigenvalue weighted by Gasteiger charge is 2.48. The molecular formula is C11H19F2N. The Balaban J connectivity index is 1.87. The molecule has 2 atom stereocenters. The molecule has 0 aromatic heterocycles. The van der Waals surface area contributed by atoms with Crippen molar-refractivity contribution in [3.05, 3.63) is 0 Å². The van der Waals surface area contributed by atoms with Gasteiger partial charge in [0.05, 0.1) is 0 Å². The monoisotopic (exact) mass is 203 g/mol. The zero-order valence-corrected chi connectivity index (χ0v) is 8.97. The van der Waals surface area contributed by atoms with Crippen LogP contribution < -0.4 is 0 Å². The van der Waals surface area contributed by atoms with Crippen molar-refractivity contribution in [3.8, 4) is 0 Å². The molecule has 3 heteroatoms. The predicted octanol–water partition coefficient (Wildman–Crippen LogP) is 2.41. The maximum Gasteiger partial charge on any atom is 0.145 e. The van der Waals surface area contributed by atoms with Gasteiger partial charge in [-0.05, 0) is 24.2 Å². The first kappa shape index (κ1) is 10.3. The maximum atomic E-state index is 12.9. The quantitative estimate of drug-likeness (QED) is 0.681. The summed E-state index contributed by atoms with van der Waals surface area (Å²) in [5.74, 6) is 0.638. The minimum absolute atomic E-state index is 0.301. The van der Waals surface area contributed by atoms with E-state index in [0.29, 0.717) is 24.4 Å². The molecule has 2 rings (SSSR count).